The minimum atomic E-state index is -1.33. The van der Waals surface area contributed by atoms with Gasteiger partial charge in [-0.25, -0.2) is 0 Å². The van der Waals surface area contributed by atoms with Gasteiger partial charge in [0.25, 0.3) is 0 Å². The second-order valence-corrected chi connectivity index (χ2v) is 7.76. The highest BCUT2D eigenvalue weighted by molar-refractivity contribution is 5.94. The molecule has 1 heterocycles. The Bertz CT molecular complexity index is 972. The van der Waals surface area contributed by atoms with E-state index in [2.05, 4.69) is 20.9 Å². The number of hydrogen-bond donors (Lipinski definition) is 7. The molecule has 0 saturated carbocycles. The first-order chi connectivity index (χ1) is 15.1. The van der Waals surface area contributed by atoms with Gasteiger partial charge in [0, 0.05) is 17.1 Å². The van der Waals surface area contributed by atoms with Gasteiger partial charge < -0.3 is 36.9 Å². The summed E-state index contributed by atoms with van der Waals surface area (Å²) in [5.74, 6) is -3.70. The van der Waals surface area contributed by atoms with Crippen molar-refractivity contribution in [1.82, 2.24) is 20.9 Å². The van der Waals surface area contributed by atoms with Crippen LogP contribution in [0.15, 0.2) is 30.5 Å². The fourth-order valence-electron chi connectivity index (χ4n) is 3.16. The second-order valence-electron chi connectivity index (χ2n) is 7.76. The number of carboxylic acid groups (broad SMARTS) is 1. The van der Waals surface area contributed by atoms with Gasteiger partial charge in [-0.1, -0.05) is 32.0 Å². The van der Waals surface area contributed by atoms with Crippen LogP contribution in [0.25, 0.3) is 10.9 Å². The zero-order valence-corrected chi connectivity index (χ0v) is 17.9. The van der Waals surface area contributed by atoms with Crippen molar-refractivity contribution >= 4 is 34.6 Å². The molecule has 1 aromatic carbocycles. The molecule has 1 aromatic heterocycles. The van der Waals surface area contributed by atoms with E-state index in [1.807, 2.05) is 24.3 Å². The largest absolute Gasteiger partial charge is 0.480 e. The first kappa shape index (κ1) is 24.8. The third-order valence-corrected chi connectivity index (χ3v) is 4.93. The SMILES string of the molecule is CC(C)C(NC(=O)C(CO)NC(=O)C(N)Cc1c[nH]c2ccccc12)C(=O)NCC(=O)O. The number of carboxylic acids is 1. The number of carbonyl (C=O) groups is 4. The van der Waals surface area contributed by atoms with E-state index in [0.29, 0.717) is 0 Å². The number of nitrogens with one attached hydrogen (secondary N) is 4. The van der Waals surface area contributed by atoms with Crippen LogP contribution in [-0.2, 0) is 25.6 Å². The van der Waals surface area contributed by atoms with Gasteiger partial charge in [0.15, 0.2) is 0 Å². The first-order valence-corrected chi connectivity index (χ1v) is 10.2. The normalized spacial score (nSPS) is 13.9. The van der Waals surface area contributed by atoms with Crippen molar-refractivity contribution in [3.63, 3.8) is 0 Å². The summed E-state index contributed by atoms with van der Waals surface area (Å²) >= 11 is 0. The van der Waals surface area contributed by atoms with Crippen LogP contribution < -0.4 is 21.7 Å². The fourth-order valence-corrected chi connectivity index (χ4v) is 3.16. The van der Waals surface area contributed by atoms with E-state index in [-0.39, 0.29) is 12.3 Å². The third-order valence-electron chi connectivity index (χ3n) is 4.93. The Balaban J connectivity index is 1.99. The molecule has 0 aliphatic carbocycles. The summed E-state index contributed by atoms with van der Waals surface area (Å²) in [6, 6.07) is 4.20. The van der Waals surface area contributed by atoms with Gasteiger partial charge in [-0.3, -0.25) is 19.2 Å². The lowest BCUT2D eigenvalue weighted by Gasteiger charge is -2.25. The molecule has 3 amide bonds. The molecule has 2 rings (SSSR count). The van der Waals surface area contributed by atoms with Crippen molar-refractivity contribution in [2.24, 2.45) is 11.7 Å². The van der Waals surface area contributed by atoms with E-state index < -0.39 is 55.0 Å². The highest BCUT2D eigenvalue weighted by Crippen LogP contribution is 2.18. The van der Waals surface area contributed by atoms with E-state index in [4.69, 9.17) is 10.8 Å². The summed E-state index contributed by atoms with van der Waals surface area (Å²) in [5.41, 5.74) is 7.75. The summed E-state index contributed by atoms with van der Waals surface area (Å²) in [5, 5.41) is 26.3. The molecule has 3 unspecified atom stereocenters. The highest BCUT2D eigenvalue weighted by atomic mass is 16.4. The van der Waals surface area contributed by atoms with Crippen LogP contribution in [0, 0.1) is 5.92 Å². The summed E-state index contributed by atoms with van der Waals surface area (Å²) < 4.78 is 0. The molecule has 11 nitrogen and oxygen atoms in total. The van der Waals surface area contributed by atoms with Gasteiger partial charge in [0.05, 0.1) is 12.6 Å². The van der Waals surface area contributed by atoms with Gasteiger partial charge in [-0.05, 0) is 24.0 Å². The van der Waals surface area contributed by atoms with Crippen LogP contribution in [0.5, 0.6) is 0 Å². The smallest absolute Gasteiger partial charge is 0.322 e. The lowest BCUT2D eigenvalue weighted by molar-refractivity contribution is -0.139. The van der Waals surface area contributed by atoms with Gasteiger partial charge in [-0.2, -0.15) is 0 Å². The lowest BCUT2D eigenvalue weighted by atomic mass is 10.0. The maximum atomic E-state index is 12.6. The highest BCUT2D eigenvalue weighted by Gasteiger charge is 2.29. The van der Waals surface area contributed by atoms with E-state index in [0.717, 1.165) is 16.5 Å². The predicted molar refractivity (Wildman–Crippen MR) is 116 cm³/mol. The number of carbonyl (C=O) groups excluding carboxylic acids is 3. The molecule has 32 heavy (non-hydrogen) atoms. The minimum Gasteiger partial charge on any atom is -0.480 e. The van der Waals surface area contributed by atoms with Gasteiger partial charge in [-0.15, -0.1) is 0 Å². The van der Waals surface area contributed by atoms with Crippen LogP contribution in [0.4, 0.5) is 0 Å². The molecule has 0 radical (unpaired) electrons. The molecule has 0 aliphatic rings. The summed E-state index contributed by atoms with van der Waals surface area (Å²) in [6.45, 7) is 2.02. The monoisotopic (exact) mass is 447 g/mol. The maximum absolute atomic E-state index is 12.6. The van der Waals surface area contributed by atoms with E-state index in [1.165, 1.54) is 0 Å². The number of benzene rings is 1. The number of H-pyrrole nitrogens is 1. The van der Waals surface area contributed by atoms with Crippen LogP contribution in [0.1, 0.15) is 19.4 Å². The minimum absolute atomic E-state index is 0.210. The first-order valence-electron chi connectivity index (χ1n) is 10.2. The number of aromatic amines is 1. The molecular weight excluding hydrogens is 418 g/mol. The maximum Gasteiger partial charge on any atom is 0.322 e. The molecule has 11 heteroatoms. The number of rotatable bonds is 11. The van der Waals surface area contributed by atoms with Gasteiger partial charge in [0.1, 0.15) is 18.6 Å². The Morgan fingerprint density at radius 1 is 1.06 bits per heavy atom. The molecule has 2 aromatic rings. The van der Waals surface area contributed by atoms with Gasteiger partial charge in [0.2, 0.25) is 17.7 Å². The summed E-state index contributed by atoms with van der Waals surface area (Å²) in [4.78, 5) is 51.0. The Labute approximate surface area is 184 Å². The molecule has 0 bridgehead atoms. The average molecular weight is 447 g/mol. The average Bonchev–Trinajstić information content (AvgIpc) is 3.16. The number of aliphatic hydroxyl groups is 1. The van der Waals surface area contributed by atoms with Crippen LogP contribution in [0.3, 0.4) is 0 Å². The number of nitrogens with two attached hydrogens (primary N) is 1. The van der Waals surface area contributed by atoms with Crippen LogP contribution in [0.2, 0.25) is 0 Å². The van der Waals surface area contributed by atoms with Crippen molar-refractivity contribution in [2.75, 3.05) is 13.2 Å². The molecule has 174 valence electrons. The quantitative estimate of drug-likeness (QED) is 0.227. The molecular formula is C21H29N5O6. The predicted octanol–water partition coefficient (Wildman–Crippen LogP) is -1.14. The molecule has 3 atom stereocenters. The summed E-state index contributed by atoms with van der Waals surface area (Å²) in [7, 11) is 0. The Morgan fingerprint density at radius 3 is 2.38 bits per heavy atom. The molecule has 0 spiro atoms. The Morgan fingerprint density at radius 2 is 1.75 bits per heavy atom. The van der Waals surface area contributed by atoms with Crippen molar-refractivity contribution in [2.45, 2.75) is 38.4 Å². The lowest BCUT2D eigenvalue weighted by Crippen LogP contribution is -2.58. The Kier molecular flexibility index (Phi) is 8.73. The number of aromatic nitrogens is 1. The van der Waals surface area contributed by atoms with Crippen LogP contribution in [-0.4, -0.2) is 70.2 Å². The number of fused-ring (bicyclic) bond motifs is 1. The molecule has 0 saturated heterocycles. The number of hydrogen-bond acceptors (Lipinski definition) is 6. The number of aliphatic carboxylic acids is 1. The Hall–Kier alpha value is -3.44. The zero-order valence-electron chi connectivity index (χ0n) is 17.9. The molecule has 0 aliphatic heterocycles. The van der Waals surface area contributed by atoms with Crippen molar-refractivity contribution < 1.29 is 29.4 Å². The third kappa shape index (κ3) is 6.53. The number of aliphatic hydroxyl groups excluding tert-OH is 1. The summed E-state index contributed by atoms with van der Waals surface area (Å²) in [6.07, 6.45) is 1.97. The fraction of sp³-hybridized carbons (Fsp3) is 0.429. The van der Waals surface area contributed by atoms with Crippen LogP contribution >= 0.6 is 0 Å². The van der Waals surface area contributed by atoms with E-state index in [9.17, 15) is 24.3 Å². The number of amides is 3. The van der Waals surface area contributed by atoms with Crippen molar-refractivity contribution in [3.8, 4) is 0 Å². The van der Waals surface area contributed by atoms with E-state index >= 15 is 0 Å². The van der Waals surface area contributed by atoms with E-state index in [1.54, 1.807) is 20.0 Å². The molecule has 0 fully saturated rings. The zero-order chi connectivity index (χ0) is 23.8. The second kappa shape index (κ2) is 11.3. The van der Waals surface area contributed by atoms with Gasteiger partial charge >= 0.3 is 5.97 Å². The standard InChI is InChI=1S/C21H29N5O6/c1-11(2)18(21(32)24-9-17(28)29)26-20(31)16(10-27)25-19(30)14(22)7-12-8-23-15-6-4-3-5-13(12)15/h3-6,8,11,14,16,18,23,27H,7,9-10,22H2,1-2H3,(H,24,32)(H,25,30)(H,26,31)(H,28,29). The number of para-hydroxylation sites is 1. The molecule has 8 N–H and O–H groups in total. The topological polar surface area (TPSA) is 187 Å². The van der Waals surface area contributed by atoms with Crippen molar-refractivity contribution in [3.05, 3.63) is 36.0 Å². The van der Waals surface area contributed by atoms with Crippen molar-refractivity contribution in [1.29, 1.82) is 0 Å².